The number of nitro benzene ring substituents is 1. The average Bonchev–Trinajstić information content (AvgIpc) is 2.77. The van der Waals surface area contributed by atoms with Crippen LogP contribution in [0.15, 0.2) is 59.5 Å². The van der Waals surface area contributed by atoms with E-state index in [-0.39, 0.29) is 42.8 Å². The summed E-state index contributed by atoms with van der Waals surface area (Å²) >= 11 is 0. The number of urea groups is 1. The fourth-order valence-electron chi connectivity index (χ4n) is 3.26. The second kappa shape index (κ2) is 9.68. The van der Waals surface area contributed by atoms with Gasteiger partial charge in [-0.05, 0) is 30.5 Å². The summed E-state index contributed by atoms with van der Waals surface area (Å²) in [4.78, 5) is 24.1. The fourth-order valence-corrected chi connectivity index (χ4v) is 4.69. The first-order valence-corrected chi connectivity index (χ1v) is 11.1. The number of benzene rings is 2. The van der Waals surface area contributed by atoms with Crippen molar-refractivity contribution in [2.75, 3.05) is 32.7 Å². The first kappa shape index (κ1) is 21.7. The summed E-state index contributed by atoms with van der Waals surface area (Å²) in [6.45, 7) is 1.48. The first-order chi connectivity index (χ1) is 14.4. The largest absolute Gasteiger partial charge is 0.338 e. The van der Waals surface area contributed by atoms with Gasteiger partial charge in [-0.2, -0.15) is 4.31 Å². The minimum Gasteiger partial charge on any atom is -0.338 e. The fraction of sp³-hybridized carbons (Fsp3) is 0.350. The Morgan fingerprint density at radius 3 is 2.23 bits per heavy atom. The van der Waals surface area contributed by atoms with E-state index in [9.17, 15) is 23.3 Å². The summed E-state index contributed by atoms with van der Waals surface area (Å²) in [7, 11) is -3.75. The molecule has 0 atom stereocenters. The van der Waals surface area contributed by atoms with Gasteiger partial charge < -0.3 is 10.2 Å². The number of nitrogens with zero attached hydrogens (tertiary/aromatic N) is 3. The Morgan fingerprint density at radius 2 is 1.63 bits per heavy atom. The van der Waals surface area contributed by atoms with Crippen LogP contribution in [0, 0.1) is 10.1 Å². The molecule has 2 amide bonds. The lowest BCUT2D eigenvalue weighted by Crippen LogP contribution is -2.53. The van der Waals surface area contributed by atoms with Crippen molar-refractivity contribution in [2.24, 2.45) is 0 Å². The molecule has 9 nitrogen and oxygen atoms in total. The first-order valence-electron chi connectivity index (χ1n) is 9.69. The van der Waals surface area contributed by atoms with Crippen molar-refractivity contribution in [3.63, 3.8) is 0 Å². The smallest absolute Gasteiger partial charge is 0.317 e. The molecule has 2 aromatic rings. The van der Waals surface area contributed by atoms with Crippen LogP contribution >= 0.6 is 0 Å². The van der Waals surface area contributed by atoms with Gasteiger partial charge in [0.25, 0.3) is 5.69 Å². The van der Waals surface area contributed by atoms with Crippen LogP contribution in [0.2, 0.25) is 0 Å². The molecule has 0 unspecified atom stereocenters. The Hall–Kier alpha value is -2.98. The van der Waals surface area contributed by atoms with Crippen LogP contribution in [0.4, 0.5) is 10.5 Å². The molecule has 1 saturated heterocycles. The molecule has 1 aliphatic rings. The van der Waals surface area contributed by atoms with Gasteiger partial charge in [0, 0.05) is 44.9 Å². The number of nitro groups is 1. The lowest BCUT2D eigenvalue weighted by molar-refractivity contribution is -0.384. The molecule has 1 heterocycles. The lowest BCUT2D eigenvalue weighted by Gasteiger charge is -2.34. The van der Waals surface area contributed by atoms with E-state index < -0.39 is 14.9 Å². The number of sulfonamides is 1. The van der Waals surface area contributed by atoms with Crippen LogP contribution in [-0.4, -0.2) is 61.3 Å². The molecule has 0 aliphatic carbocycles. The molecule has 2 aromatic carbocycles. The third-order valence-electron chi connectivity index (χ3n) is 4.97. The maximum Gasteiger partial charge on any atom is 0.317 e. The van der Waals surface area contributed by atoms with Crippen molar-refractivity contribution in [1.82, 2.24) is 14.5 Å². The van der Waals surface area contributed by atoms with Gasteiger partial charge in [0.1, 0.15) is 0 Å². The quantitative estimate of drug-likeness (QED) is 0.410. The molecule has 10 heteroatoms. The number of piperazine rings is 1. The highest BCUT2D eigenvalue weighted by atomic mass is 32.2. The number of aryl methyl sites for hydroxylation is 1. The number of rotatable bonds is 7. The third-order valence-corrected chi connectivity index (χ3v) is 6.89. The SMILES string of the molecule is O=C(NCCCc1ccccc1)N1CCN(S(=O)(=O)c2ccc([N+](=O)[O-])cc2)CC1. The van der Waals surface area contributed by atoms with Gasteiger partial charge in [0.05, 0.1) is 9.82 Å². The highest BCUT2D eigenvalue weighted by Crippen LogP contribution is 2.20. The van der Waals surface area contributed by atoms with Crippen LogP contribution in [0.3, 0.4) is 0 Å². The molecule has 0 saturated carbocycles. The van der Waals surface area contributed by atoms with Crippen LogP contribution in [0.5, 0.6) is 0 Å². The minimum atomic E-state index is -3.75. The number of carbonyl (C=O) groups excluding carboxylic acids is 1. The molecular formula is C20H24N4O5S. The average molecular weight is 433 g/mol. The van der Waals surface area contributed by atoms with Crippen LogP contribution in [0.1, 0.15) is 12.0 Å². The van der Waals surface area contributed by atoms with E-state index in [1.54, 1.807) is 4.90 Å². The molecule has 160 valence electrons. The van der Waals surface area contributed by atoms with Crippen LogP contribution < -0.4 is 5.32 Å². The Balaban J connectivity index is 1.46. The van der Waals surface area contributed by atoms with Crippen molar-refractivity contribution < 1.29 is 18.1 Å². The number of hydrogen-bond acceptors (Lipinski definition) is 5. The molecule has 0 bridgehead atoms. The van der Waals surface area contributed by atoms with E-state index >= 15 is 0 Å². The van der Waals surface area contributed by atoms with E-state index in [2.05, 4.69) is 5.32 Å². The standard InChI is InChI=1S/C20H24N4O5S/c25-20(21-12-4-7-17-5-2-1-3-6-17)22-13-15-23(16-14-22)30(28,29)19-10-8-18(9-11-19)24(26)27/h1-3,5-6,8-11H,4,7,12-16H2,(H,21,25). The Labute approximate surface area is 175 Å². The highest BCUT2D eigenvalue weighted by molar-refractivity contribution is 7.89. The molecule has 30 heavy (non-hydrogen) atoms. The second-order valence-corrected chi connectivity index (χ2v) is 8.90. The second-order valence-electron chi connectivity index (χ2n) is 6.96. The predicted octanol–water partition coefficient (Wildman–Crippen LogP) is 2.24. The minimum absolute atomic E-state index is 0.00640. The van der Waals surface area contributed by atoms with Gasteiger partial charge >= 0.3 is 6.03 Å². The zero-order chi connectivity index (χ0) is 21.6. The van der Waals surface area contributed by atoms with E-state index in [0.29, 0.717) is 6.54 Å². The normalized spacial score (nSPS) is 15.0. The maximum absolute atomic E-state index is 12.7. The van der Waals surface area contributed by atoms with Crippen molar-refractivity contribution in [3.05, 3.63) is 70.3 Å². The molecule has 0 radical (unpaired) electrons. The van der Waals surface area contributed by atoms with Crippen LogP contribution in [-0.2, 0) is 16.4 Å². The number of carbonyl (C=O) groups is 1. The van der Waals surface area contributed by atoms with Gasteiger partial charge in [-0.25, -0.2) is 13.2 Å². The molecular weight excluding hydrogens is 408 g/mol. The van der Waals surface area contributed by atoms with Gasteiger partial charge in [0.2, 0.25) is 10.0 Å². The van der Waals surface area contributed by atoms with Gasteiger partial charge in [-0.3, -0.25) is 10.1 Å². The summed E-state index contributed by atoms with van der Waals surface area (Å²) in [6.07, 6.45) is 1.70. The summed E-state index contributed by atoms with van der Waals surface area (Å²) in [5.74, 6) is 0. The molecule has 1 aliphatic heterocycles. The number of hydrogen-bond donors (Lipinski definition) is 1. The van der Waals surface area contributed by atoms with Crippen molar-refractivity contribution in [1.29, 1.82) is 0 Å². The summed E-state index contributed by atoms with van der Waals surface area (Å²) in [5, 5.41) is 13.6. The van der Waals surface area contributed by atoms with E-state index in [4.69, 9.17) is 0 Å². The van der Waals surface area contributed by atoms with Gasteiger partial charge in [0.15, 0.2) is 0 Å². The Bertz CT molecular complexity index is 972. The summed E-state index contributed by atoms with van der Waals surface area (Å²) in [6, 6.07) is 14.6. The maximum atomic E-state index is 12.7. The highest BCUT2D eigenvalue weighted by Gasteiger charge is 2.30. The molecule has 0 spiro atoms. The number of amides is 2. The Morgan fingerprint density at radius 1 is 1.00 bits per heavy atom. The van der Waals surface area contributed by atoms with E-state index in [0.717, 1.165) is 12.8 Å². The van der Waals surface area contributed by atoms with Gasteiger partial charge in [-0.1, -0.05) is 30.3 Å². The third kappa shape index (κ3) is 5.33. The zero-order valence-corrected chi connectivity index (χ0v) is 17.3. The van der Waals surface area contributed by atoms with Crippen molar-refractivity contribution >= 4 is 21.7 Å². The lowest BCUT2D eigenvalue weighted by atomic mass is 10.1. The van der Waals surface area contributed by atoms with Crippen molar-refractivity contribution in [3.8, 4) is 0 Å². The molecule has 0 aromatic heterocycles. The summed E-state index contributed by atoms with van der Waals surface area (Å²) in [5.41, 5.74) is 1.06. The topological polar surface area (TPSA) is 113 Å². The number of non-ortho nitro benzene ring substituents is 1. The monoisotopic (exact) mass is 432 g/mol. The molecule has 3 rings (SSSR count). The van der Waals surface area contributed by atoms with E-state index in [1.807, 2.05) is 30.3 Å². The predicted molar refractivity (Wildman–Crippen MR) is 112 cm³/mol. The van der Waals surface area contributed by atoms with Crippen LogP contribution in [0.25, 0.3) is 0 Å². The van der Waals surface area contributed by atoms with Crippen molar-refractivity contribution in [2.45, 2.75) is 17.7 Å². The molecule has 1 N–H and O–H groups in total. The summed E-state index contributed by atoms with van der Waals surface area (Å²) < 4.78 is 26.8. The Kier molecular flexibility index (Phi) is 7.01. The van der Waals surface area contributed by atoms with Gasteiger partial charge in [-0.15, -0.1) is 0 Å². The molecule has 1 fully saturated rings. The van der Waals surface area contributed by atoms with E-state index in [1.165, 1.54) is 34.1 Å². The zero-order valence-electron chi connectivity index (χ0n) is 16.4. The number of nitrogens with one attached hydrogen (secondary N) is 1.